The van der Waals surface area contributed by atoms with E-state index in [9.17, 15) is 28.2 Å². The van der Waals surface area contributed by atoms with Crippen LogP contribution < -0.4 is 9.74 Å². The number of carbonyl (C=O) groups excluding carboxylic acids is 2. The molecule has 1 fully saturated rings. The lowest BCUT2D eigenvalue weighted by atomic mass is 10.1. The van der Waals surface area contributed by atoms with Crippen molar-refractivity contribution in [3.63, 3.8) is 0 Å². The van der Waals surface area contributed by atoms with E-state index >= 15 is 0 Å². The average molecular weight is 632 g/mol. The Hall–Kier alpha value is -4.11. The number of carbonyl (C=O) groups is 2. The van der Waals surface area contributed by atoms with E-state index < -0.39 is 32.7 Å². The second-order valence-electron chi connectivity index (χ2n) is 10.2. The fraction of sp³-hybridized carbons (Fsp3) is 0.321. The van der Waals surface area contributed by atoms with E-state index in [4.69, 9.17) is 26.0 Å². The molecule has 0 spiro atoms. The van der Waals surface area contributed by atoms with Gasteiger partial charge in [-0.2, -0.15) is 8.42 Å². The fourth-order valence-corrected chi connectivity index (χ4v) is 5.73. The lowest BCUT2D eigenvalue weighted by molar-refractivity contribution is -0.145. The van der Waals surface area contributed by atoms with Gasteiger partial charge in [-0.1, -0.05) is 23.7 Å². The molecule has 228 valence electrons. The standard InChI is InChI=1S/C28H30ClN5O8S/c1-31-12-14-32(15-13-31)27-19-6-2-3-7-21(19)33(22-11-10-18(29)16-20(22)30-27)24(35)8-4-5-9-26(37)42-34-25(36)17-23(28(34)38)43(39,40)41/h2-3,6-7,10-11,16-17,36,38H,4-5,8-9,12-15H2,1H3,(H,39,40,41). The summed E-state index contributed by atoms with van der Waals surface area (Å²) in [5.41, 5.74) is 2.63. The number of amidine groups is 1. The van der Waals surface area contributed by atoms with Crippen LogP contribution in [0.25, 0.3) is 0 Å². The van der Waals surface area contributed by atoms with Crippen LogP contribution in [0.1, 0.15) is 31.2 Å². The number of unbranched alkanes of at least 4 members (excludes halogenated alkanes) is 1. The molecule has 1 amide bonds. The second kappa shape index (κ2) is 12.2. The molecule has 1 saturated heterocycles. The predicted octanol–water partition coefficient (Wildman–Crippen LogP) is 3.32. The first-order chi connectivity index (χ1) is 20.4. The van der Waals surface area contributed by atoms with Crippen LogP contribution in [-0.4, -0.2) is 88.7 Å². The number of amides is 1. The summed E-state index contributed by atoms with van der Waals surface area (Å²) in [6, 6.07) is 13.3. The van der Waals surface area contributed by atoms with Crippen LogP contribution in [0.4, 0.5) is 17.1 Å². The number of hydrogen-bond acceptors (Lipinski definition) is 10. The summed E-state index contributed by atoms with van der Waals surface area (Å²) in [4.78, 5) is 41.0. The van der Waals surface area contributed by atoms with Gasteiger partial charge in [0.15, 0.2) is 4.90 Å². The molecule has 13 nitrogen and oxygen atoms in total. The van der Waals surface area contributed by atoms with E-state index in [1.165, 1.54) is 0 Å². The predicted molar refractivity (Wildman–Crippen MR) is 158 cm³/mol. The number of fused-ring (bicyclic) bond motifs is 2. The molecule has 15 heteroatoms. The van der Waals surface area contributed by atoms with Crippen molar-refractivity contribution in [3.8, 4) is 11.8 Å². The van der Waals surface area contributed by atoms with Crippen molar-refractivity contribution in [2.45, 2.75) is 30.6 Å². The Bertz CT molecular complexity index is 1700. The monoisotopic (exact) mass is 631 g/mol. The van der Waals surface area contributed by atoms with Gasteiger partial charge in [0, 0.05) is 55.7 Å². The van der Waals surface area contributed by atoms with Crippen molar-refractivity contribution in [2.24, 2.45) is 4.99 Å². The third-order valence-electron chi connectivity index (χ3n) is 7.22. The number of nitrogens with zero attached hydrogens (tertiary/aromatic N) is 5. The molecule has 0 saturated carbocycles. The van der Waals surface area contributed by atoms with Crippen LogP contribution in [0.2, 0.25) is 5.02 Å². The third kappa shape index (κ3) is 6.46. The summed E-state index contributed by atoms with van der Waals surface area (Å²) in [7, 11) is -2.78. The number of benzene rings is 2. The van der Waals surface area contributed by atoms with Gasteiger partial charge in [0.1, 0.15) is 5.84 Å². The van der Waals surface area contributed by atoms with Crippen molar-refractivity contribution in [1.82, 2.24) is 14.5 Å². The number of aromatic hydroxyl groups is 2. The zero-order valence-corrected chi connectivity index (χ0v) is 24.8. The van der Waals surface area contributed by atoms with Crippen molar-refractivity contribution >= 4 is 56.5 Å². The summed E-state index contributed by atoms with van der Waals surface area (Å²) in [6.07, 6.45) is 0.373. The maximum absolute atomic E-state index is 13.8. The normalized spacial score (nSPS) is 15.4. The van der Waals surface area contributed by atoms with Crippen LogP contribution in [0.5, 0.6) is 11.8 Å². The van der Waals surface area contributed by atoms with E-state index in [-0.39, 0.29) is 29.9 Å². The van der Waals surface area contributed by atoms with E-state index in [2.05, 4.69) is 16.8 Å². The molecule has 0 radical (unpaired) electrons. The molecule has 0 bridgehead atoms. The highest BCUT2D eigenvalue weighted by atomic mass is 35.5. The minimum absolute atomic E-state index is 0.0699. The molecule has 0 unspecified atom stereocenters. The van der Waals surface area contributed by atoms with Crippen LogP contribution in [0.3, 0.4) is 0 Å². The van der Waals surface area contributed by atoms with Crippen LogP contribution in [0, 0.1) is 0 Å². The van der Waals surface area contributed by atoms with Crippen LogP contribution in [-0.2, 0) is 19.7 Å². The number of aromatic nitrogens is 1. The quantitative estimate of drug-likeness (QED) is 0.260. The first-order valence-electron chi connectivity index (χ1n) is 13.5. The molecule has 3 heterocycles. The number of para-hydroxylation sites is 1. The molecule has 2 aliphatic rings. The molecule has 2 aliphatic heterocycles. The topological polar surface area (TPSA) is 165 Å². The van der Waals surface area contributed by atoms with Crippen molar-refractivity contribution < 1.29 is 37.6 Å². The summed E-state index contributed by atoms with van der Waals surface area (Å²) in [6.45, 7) is 3.30. The zero-order valence-electron chi connectivity index (χ0n) is 23.2. The van der Waals surface area contributed by atoms with Gasteiger partial charge in [-0.25, -0.2) is 9.79 Å². The number of likely N-dealkylation sites (N-methyl/N-ethyl adjacent to an activating group) is 1. The first-order valence-corrected chi connectivity index (χ1v) is 15.3. The highest BCUT2D eigenvalue weighted by Crippen LogP contribution is 2.42. The Labute approximate surface area is 252 Å². The molecule has 1 aromatic heterocycles. The van der Waals surface area contributed by atoms with E-state index in [0.29, 0.717) is 34.6 Å². The molecule has 2 aromatic carbocycles. The fourth-order valence-electron chi connectivity index (χ4n) is 5.00. The van der Waals surface area contributed by atoms with Crippen molar-refractivity contribution in [2.75, 3.05) is 38.1 Å². The molecule has 3 N–H and O–H groups in total. The van der Waals surface area contributed by atoms with Gasteiger partial charge in [-0.05, 0) is 50.2 Å². The molecular formula is C28H30ClN5O8S. The Morgan fingerprint density at radius 2 is 1.67 bits per heavy atom. The average Bonchev–Trinajstić information content (AvgIpc) is 3.16. The lowest BCUT2D eigenvalue weighted by Crippen LogP contribution is -2.47. The number of hydrogen-bond donors (Lipinski definition) is 3. The Kier molecular flexibility index (Phi) is 8.64. The summed E-state index contributed by atoms with van der Waals surface area (Å²) >= 11 is 6.34. The summed E-state index contributed by atoms with van der Waals surface area (Å²) in [5.74, 6) is -2.41. The molecule has 3 aromatic rings. The van der Waals surface area contributed by atoms with Crippen molar-refractivity contribution in [3.05, 3.63) is 59.1 Å². The van der Waals surface area contributed by atoms with Gasteiger partial charge >= 0.3 is 5.97 Å². The van der Waals surface area contributed by atoms with Gasteiger partial charge in [0.05, 0.1) is 17.1 Å². The molecule has 0 aliphatic carbocycles. The van der Waals surface area contributed by atoms with Gasteiger partial charge in [0.25, 0.3) is 16.0 Å². The van der Waals surface area contributed by atoms with Gasteiger partial charge in [-0.15, -0.1) is 4.73 Å². The van der Waals surface area contributed by atoms with E-state index in [0.717, 1.165) is 37.6 Å². The highest BCUT2D eigenvalue weighted by molar-refractivity contribution is 7.86. The summed E-state index contributed by atoms with van der Waals surface area (Å²) in [5, 5.41) is 20.2. The lowest BCUT2D eigenvalue weighted by Gasteiger charge is -2.35. The zero-order chi connectivity index (χ0) is 30.9. The van der Waals surface area contributed by atoms with Crippen LogP contribution in [0.15, 0.2) is 58.4 Å². The molecule has 0 atom stereocenters. The van der Waals surface area contributed by atoms with Gasteiger partial charge in [-0.3, -0.25) is 14.2 Å². The number of halogens is 1. The minimum Gasteiger partial charge on any atom is -0.492 e. The number of piperazine rings is 1. The maximum atomic E-state index is 13.8. The maximum Gasteiger partial charge on any atom is 0.333 e. The Balaban J connectivity index is 1.31. The first kappa shape index (κ1) is 30.4. The van der Waals surface area contributed by atoms with Gasteiger partial charge < -0.3 is 24.9 Å². The largest absolute Gasteiger partial charge is 0.492 e. The number of aliphatic imine (C=N–C) groups is 1. The molecule has 5 rings (SSSR count). The highest BCUT2D eigenvalue weighted by Gasteiger charge is 2.31. The smallest absolute Gasteiger partial charge is 0.333 e. The van der Waals surface area contributed by atoms with Crippen molar-refractivity contribution in [1.29, 1.82) is 0 Å². The second-order valence-corrected chi connectivity index (χ2v) is 12.1. The Morgan fingerprint density at radius 3 is 2.37 bits per heavy atom. The number of rotatable bonds is 7. The van der Waals surface area contributed by atoms with Gasteiger partial charge in [0.2, 0.25) is 11.8 Å². The molecule has 43 heavy (non-hydrogen) atoms. The summed E-state index contributed by atoms with van der Waals surface area (Å²) < 4.78 is 31.9. The molecular weight excluding hydrogens is 602 g/mol. The van der Waals surface area contributed by atoms with Crippen LogP contribution >= 0.6 is 11.6 Å². The Morgan fingerprint density at radius 1 is 0.977 bits per heavy atom. The minimum atomic E-state index is -4.86. The van der Waals surface area contributed by atoms with E-state index in [1.807, 2.05) is 24.3 Å². The van der Waals surface area contributed by atoms with E-state index in [1.54, 1.807) is 23.1 Å². The third-order valence-corrected chi connectivity index (χ3v) is 8.31. The number of anilines is 2. The SMILES string of the molecule is CN1CCN(C2=Nc3cc(Cl)ccc3N(C(=O)CCCCC(=O)On3c(O)cc(S(=O)(=O)O)c3O)c3ccccc32)CC1.